The lowest BCUT2D eigenvalue weighted by molar-refractivity contribution is -0.151. The van der Waals surface area contributed by atoms with Crippen LogP contribution in [-0.2, 0) is 9.53 Å². The zero-order valence-electron chi connectivity index (χ0n) is 33.9. The number of fused-ring (bicyclic) bond motifs is 5. The average Bonchev–Trinajstić information content (AvgIpc) is 3.43. The first-order valence-corrected chi connectivity index (χ1v) is 22.6. The van der Waals surface area contributed by atoms with Gasteiger partial charge in [0.1, 0.15) is 6.10 Å². The van der Waals surface area contributed by atoms with E-state index in [-0.39, 0.29) is 12.1 Å². The summed E-state index contributed by atoms with van der Waals surface area (Å²) in [5.74, 6) is 5.34. The number of allylic oxidation sites excluding steroid dienone is 1. The second kappa shape index (κ2) is 21.0. The minimum absolute atomic E-state index is 0.0665. The molecule has 0 aromatic carbocycles. The predicted molar refractivity (Wildman–Crippen MR) is 212 cm³/mol. The molecule has 49 heavy (non-hydrogen) atoms. The summed E-state index contributed by atoms with van der Waals surface area (Å²) in [6.07, 6.45) is 41.3. The largest absolute Gasteiger partial charge is 0.462 e. The van der Waals surface area contributed by atoms with Crippen molar-refractivity contribution in [2.45, 2.75) is 234 Å². The molecule has 0 spiro atoms. The summed E-state index contributed by atoms with van der Waals surface area (Å²) in [6.45, 7) is 15.0. The third-order valence-corrected chi connectivity index (χ3v) is 15.0. The Morgan fingerprint density at radius 2 is 1.31 bits per heavy atom. The van der Waals surface area contributed by atoms with Gasteiger partial charge in [0.15, 0.2) is 0 Å². The highest BCUT2D eigenvalue weighted by atomic mass is 16.5. The molecule has 284 valence electrons. The second-order valence-electron chi connectivity index (χ2n) is 19.1. The van der Waals surface area contributed by atoms with Gasteiger partial charge in [-0.1, -0.05) is 175 Å². The van der Waals surface area contributed by atoms with E-state index in [2.05, 4.69) is 47.6 Å². The highest BCUT2D eigenvalue weighted by Crippen LogP contribution is 2.67. The topological polar surface area (TPSA) is 26.3 Å². The first-order valence-electron chi connectivity index (χ1n) is 22.6. The van der Waals surface area contributed by atoms with Crippen molar-refractivity contribution < 1.29 is 9.53 Å². The van der Waals surface area contributed by atoms with E-state index in [9.17, 15) is 4.79 Å². The van der Waals surface area contributed by atoms with E-state index in [0.717, 1.165) is 54.8 Å². The Labute approximate surface area is 306 Å². The molecule has 3 saturated carbocycles. The lowest BCUT2D eigenvalue weighted by atomic mass is 9.47. The van der Waals surface area contributed by atoms with Crippen molar-refractivity contribution >= 4 is 5.97 Å². The quantitative estimate of drug-likeness (QED) is 0.0576. The average molecular weight is 681 g/mol. The Morgan fingerprint density at radius 1 is 0.714 bits per heavy atom. The fraction of sp³-hybridized carbons (Fsp3) is 0.936. The Bertz CT molecular complexity index is 965. The minimum Gasteiger partial charge on any atom is -0.462 e. The van der Waals surface area contributed by atoms with Gasteiger partial charge >= 0.3 is 5.97 Å². The number of ether oxygens (including phenoxy) is 1. The second-order valence-corrected chi connectivity index (χ2v) is 19.1. The standard InChI is InChI=1S/C47H84O2/c1-7-8-9-10-11-12-13-14-15-16-17-18-19-20-21-22-23-27-45(48)49-40-32-34-46(5)39(36-40)28-29-41-43-31-30-42(38(4)26-24-25-37(2)3)47(43,6)35-33-44(41)46/h28,37-38,40-44H,7-27,29-36H2,1-6H3/t38-,40+,41+,42-,43+,44+,46+,47-/m1/s1. The molecule has 0 aromatic heterocycles. The van der Waals surface area contributed by atoms with Gasteiger partial charge < -0.3 is 4.74 Å². The minimum atomic E-state index is 0.0665. The van der Waals surface area contributed by atoms with Crippen molar-refractivity contribution in [3.8, 4) is 0 Å². The number of unbranched alkanes of at least 4 members (excludes halogenated alkanes) is 16. The van der Waals surface area contributed by atoms with Gasteiger partial charge in [-0.25, -0.2) is 0 Å². The molecule has 0 amide bonds. The van der Waals surface area contributed by atoms with Crippen molar-refractivity contribution in [1.82, 2.24) is 0 Å². The first-order chi connectivity index (χ1) is 23.7. The van der Waals surface area contributed by atoms with Crippen molar-refractivity contribution in [1.29, 1.82) is 0 Å². The molecule has 0 heterocycles. The number of hydrogen-bond donors (Lipinski definition) is 0. The van der Waals surface area contributed by atoms with E-state index >= 15 is 0 Å². The summed E-state index contributed by atoms with van der Waals surface area (Å²) in [5.41, 5.74) is 2.54. The van der Waals surface area contributed by atoms with Crippen LogP contribution in [0.25, 0.3) is 0 Å². The SMILES string of the molecule is CCCCCCCCCCCCCCCCCCCC(=O)O[C@H]1CC[C@@]2(C)C(=CC[C@H]3[C@@H]4CC[C@H]([C@H](C)CCCC(C)C)[C@@]4(C)CC[C@@H]32)C1. The molecule has 0 bridgehead atoms. The summed E-state index contributed by atoms with van der Waals surface area (Å²) >= 11 is 0. The number of carbonyl (C=O) groups is 1. The van der Waals surface area contributed by atoms with E-state index in [1.807, 2.05) is 0 Å². The Morgan fingerprint density at radius 3 is 1.90 bits per heavy atom. The van der Waals surface area contributed by atoms with Crippen LogP contribution < -0.4 is 0 Å². The highest BCUT2D eigenvalue weighted by Gasteiger charge is 2.59. The van der Waals surface area contributed by atoms with Crippen LogP contribution in [0.5, 0.6) is 0 Å². The fourth-order valence-corrected chi connectivity index (χ4v) is 12.0. The molecule has 0 N–H and O–H groups in total. The molecule has 4 aliphatic carbocycles. The molecule has 0 aromatic rings. The van der Waals surface area contributed by atoms with Gasteiger partial charge in [-0.15, -0.1) is 0 Å². The zero-order valence-corrected chi connectivity index (χ0v) is 33.9. The Hall–Kier alpha value is -0.790. The van der Waals surface area contributed by atoms with Gasteiger partial charge in [-0.2, -0.15) is 0 Å². The van der Waals surface area contributed by atoms with Crippen LogP contribution in [0.1, 0.15) is 228 Å². The third kappa shape index (κ3) is 11.9. The molecule has 0 unspecified atom stereocenters. The summed E-state index contributed by atoms with van der Waals surface area (Å²) in [4.78, 5) is 12.8. The Kier molecular flexibility index (Phi) is 17.6. The maximum atomic E-state index is 12.8. The van der Waals surface area contributed by atoms with Gasteiger partial charge in [0.2, 0.25) is 0 Å². The molecule has 4 aliphatic rings. The zero-order chi connectivity index (χ0) is 35.1. The summed E-state index contributed by atoms with van der Waals surface area (Å²) in [5, 5.41) is 0. The van der Waals surface area contributed by atoms with E-state index in [1.54, 1.807) is 5.57 Å². The molecule has 0 saturated heterocycles. The fourth-order valence-electron chi connectivity index (χ4n) is 12.0. The number of carbonyl (C=O) groups excluding carboxylic acids is 1. The summed E-state index contributed by atoms with van der Waals surface area (Å²) in [7, 11) is 0. The third-order valence-electron chi connectivity index (χ3n) is 15.0. The molecule has 2 heteroatoms. The van der Waals surface area contributed by atoms with Crippen LogP contribution in [-0.4, -0.2) is 12.1 Å². The van der Waals surface area contributed by atoms with Crippen LogP contribution in [0.4, 0.5) is 0 Å². The molecule has 3 fully saturated rings. The van der Waals surface area contributed by atoms with Crippen LogP contribution >= 0.6 is 0 Å². The van der Waals surface area contributed by atoms with Gasteiger partial charge in [0, 0.05) is 12.8 Å². The Balaban J connectivity index is 1.07. The van der Waals surface area contributed by atoms with Gasteiger partial charge in [-0.3, -0.25) is 4.79 Å². The molecule has 0 radical (unpaired) electrons. The van der Waals surface area contributed by atoms with E-state index < -0.39 is 0 Å². The smallest absolute Gasteiger partial charge is 0.306 e. The molecule has 4 rings (SSSR count). The van der Waals surface area contributed by atoms with Crippen molar-refractivity contribution in [3.05, 3.63) is 11.6 Å². The van der Waals surface area contributed by atoms with Crippen molar-refractivity contribution in [3.63, 3.8) is 0 Å². The maximum Gasteiger partial charge on any atom is 0.306 e. The number of hydrogen-bond acceptors (Lipinski definition) is 2. The van der Waals surface area contributed by atoms with E-state index in [0.29, 0.717) is 17.3 Å². The lowest BCUT2D eigenvalue weighted by Gasteiger charge is -2.58. The molecular weight excluding hydrogens is 597 g/mol. The predicted octanol–water partition coefficient (Wildman–Crippen LogP) is 15.0. The number of rotatable bonds is 24. The van der Waals surface area contributed by atoms with Crippen molar-refractivity contribution in [2.24, 2.45) is 46.3 Å². The van der Waals surface area contributed by atoms with Crippen LogP contribution in [0, 0.1) is 46.3 Å². The first kappa shape index (κ1) is 41.0. The highest BCUT2D eigenvalue weighted by molar-refractivity contribution is 5.69. The van der Waals surface area contributed by atoms with Gasteiger partial charge in [0.05, 0.1) is 0 Å². The van der Waals surface area contributed by atoms with Gasteiger partial charge in [-0.05, 0) is 97.7 Å². The monoisotopic (exact) mass is 681 g/mol. The molecule has 0 aliphatic heterocycles. The lowest BCUT2D eigenvalue weighted by Crippen LogP contribution is -2.51. The maximum absolute atomic E-state index is 12.8. The van der Waals surface area contributed by atoms with Gasteiger partial charge in [0.25, 0.3) is 0 Å². The normalized spacial score (nSPS) is 31.6. The van der Waals surface area contributed by atoms with E-state index in [4.69, 9.17) is 4.74 Å². The van der Waals surface area contributed by atoms with Crippen LogP contribution in [0.3, 0.4) is 0 Å². The van der Waals surface area contributed by atoms with Crippen LogP contribution in [0.2, 0.25) is 0 Å². The summed E-state index contributed by atoms with van der Waals surface area (Å²) in [6, 6.07) is 0. The molecule has 2 nitrogen and oxygen atoms in total. The van der Waals surface area contributed by atoms with Crippen LogP contribution in [0.15, 0.2) is 11.6 Å². The molecular formula is C47H84O2. The van der Waals surface area contributed by atoms with Crippen molar-refractivity contribution in [2.75, 3.05) is 0 Å². The summed E-state index contributed by atoms with van der Waals surface area (Å²) < 4.78 is 6.14. The number of esters is 1. The van der Waals surface area contributed by atoms with E-state index in [1.165, 1.54) is 161 Å². The molecule has 8 atom stereocenters.